The van der Waals surface area contributed by atoms with Crippen molar-refractivity contribution in [2.75, 3.05) is 31.1 Å². The summed E-state index contributed by atoms with van der Waals surface area (Å²) >= 11 is 0. The van der Waals surface area contributed by atoms with Gasteiger partial charge in [-0.2, -0.15) is 0 Å². The molecular weight excluding hydrogens is 428 g/mol. The highest BCUT2D eigenvalue weighted by Gasteiger charge is 2.24. The van der Waals surface area contributed by atoms with E-state index >= 15 is 0 Å². The fourth-order valence-corrected chi connectivity index (χ4v) is 4.23. The molecule has 4 rings (SSSR count). The molecule has 2 heterocycles. The number of benzene rings is 2. The number of nitrogens with two attached hydrogens (primary N) is 1. The number of nitrogens with zero attached hydrogens (tertiary/aromatic N) is 3. The third-order valence-electron chi connectivity index (χ3n) is 6.08. The summed E-state index contributed by atoms with van der Waals surface area (Å²) in [6, 6.07) is 12.1. The van der Waals surface area contributed by atoms with Gasteiger partial charge in [0.15, 0.2) is 0 Å². The molecule has 0 spiro atoms. The van der Waals surface area contributed by atoms with Crippen LogP contribution >= 0.6 is 0 Å². The minimum Gasteiger partial charge on any atom is -0.363 e. The summed E-state index contributed by atoms with van der Waals surface area (Å²) in [5.74, 6) is -1.49. The van der Waals surface area contributed by atoms with Crippen molar-refractivity contribution in [2.24, 2.45) is 5.73 Å². The van der Waals surface area contributed by atoms with Crippen molar-refractivity contribution in [3.8, 4) is 0 Å². The van der Waals surface area contributed by atoms with Gasteiger partial charge in [0, 0.05) is 43.5 Å². The van der Waals surface area contributed by atoms with Crippen molar-refractivity contribution in [1.29, 1.82) is 0 Å². The van der Waals surface area contributed by atoms with E-state index in [9.17, 15) is 18.4 Å². The Morgan fingerprint density at radius 3 is 2.24 bits per heavy atom. The van der Waals surface area contributed by atoms with Gasteiger partial charge in [-0.3, -0.25) is 13.9 Å². The van der Waals surface area contributed by atoms with Crippen molar-refractivity contribution in [3.05, 3.63) is 97.8 Å². The first kappa shape index (κ1) is 22.9. The molecule has 3 N–H and O–H groups in total. The van der Waals surface area contributed by atoms with Gasteiger partial charge in [0.25, 0.3) is 5.56 Å². The van der Waals surface area contributed by atoms with Gasteiger partial charge in [0.05, 0.1) is 13.1 Å². The van der Waals surface area contributed by atoms with Crippen LogP contribution in [-0.4, -0.2) is 35.3 Å². The fourth-order valence-electron chi connectivity index (χ4n) is 4.23. The number of piperazine rings is 1. The van der Waals surface area contributed by atoms with E-state index in [0.717, 1.165) is 22.3 Å². The van der Waals surface area contributed by atoms with E-state index in [4.69, 9.17) is 5.73 Å². The highest BCUT2D eigenvalue weighted by molar-refractivity contribution is 5.49. The van der Waals surface area contributed by atoms with Crippen molar-refractivity contribution in [1.82, 2.24) is 14.5 Å². The normalized spacial score (nSPS) is 15.0. The molecule has 0 amide bonds. The molecule has 7 nitrogen and oxygen atoms in total. The smallest absolute Gasteiger partial charge is 0.331 e. The average Bonchev–Trinajstić information content (AvgIpc) is 2.82. The predicted molar refractivity (Wildman–Crippen MR) is 124 cm³/mol. The molecule has 1 aliphatic heterocycles. The lowest BCUT2D eigenvalue weighted by atomic mass is 10.1. The van der Waals surface area contributed by atoms with Crippen LogP contribution in [0.2, 0.25) is 0 Å². The van der Waals surface area contributed by atoms with Crippen LogP contribution in [0.3, 0.4) is 0 Å². The summed E-state index contributed by atoms with van der Waals surface area (Å²) in [4.78, 5) is 28.8. The largest absolute Gasteiger partial charge is 0.363 e. The number of hydrogen-bond donors (Lipinski definition) is 2. The number of rotatable bonds is 6. The summed E-state index contributed by atoms with van der Waals surface area (Å²) in [6.45, 7) is 3.78. The number of nitrogens with one attached hydrogen (secondary N) is 1. The van der Waals surface area contributed by atoms with Crippen LogP contribution in [0.4, 0.5) is 14.5 Å². The lowest BCUT2D eigenvalue weighted by Gasteiger charge is -2.31. The van der Waals surface area contributed by atoms with Gasteiger partial charge in [-0.15, -0.1) is 0 Å². The highest BCUT2D eigenvalue weighted by atomic mass is 19.1. The summed E-state index contributed by atoms with van der Waals surface area (Å²) in [5, 5.41) is 3.23. The van der Waals surface area contributed by atoms with E-state index in [1.54, 1.807) is 6.92 Å². The molecule has 3 aromatic rings. The van der Waals surface area contributed by atoms with Crippen molar-refractivity contribution < 1.29 is 8.78 Å². The van der Waals surface area contributed by atoms with Crippen LogP contribution in [0.15, 0.2) is 58.1 Å². The maximum absolute atomic E-state index is 14.4. The van der Waals surface area contributed by atoms with E-state index in [2.05, 4.69) is 5.32 Å². The van der Waals surface area contributed by atoms with Gasteiger partial charge in [-0.05, 0) is 24.6 Å². The molecular formula is C24H27F2N5O2. The van der Waals surface area contributed by atoms with Gasteiger partial charge >= 0.3 is 5.69 Å². The molecule has 0 bridgehead atoms. The number of hydrogen-bond acceptors (Lipinski definition) is 5. The first-order chi connectivity index (χ1) is 15.9. The number of aromatic nitrogens is 2. The monoisotopic (exact) mass is 455 g/mol. The third kappa shape index (κ3) is 4.60. The SMILES string of the molecule is Cc1c(N2CCNCC2)c(=O)n(C[C@@H](N)c2ccccc2)c(=O)n1Cc1c(F)cccc1F. The second-order valence-corrected chi connectivity index (χ2v) is 8.17. The van der Waals surface area contributed by atoms with Gasteiger partial charge < -0.3 is 16.0 Å². The molecule has 1 fully saturated rings. The van der Waals surface area contributed by atoms with Crippen LogP contribution in [0.25, 0.3) is 0 Å². The quantitative estimate of drug-likeness (QED) is 0.592. The van der Waals surface area contributed by atoms with Crippen LogP contribution < -0.4 is 27.2 Å². The van der Waals surface area contributed by atoms with Crippen molar-refractivity contribution in [2.45, 2.75) is 26.1 Å². The van der Waals surface area contributed by atoms with E-state index in [1.165, 1.54) is 10.6 Å². The molecule has 174 valence electrons. The molecule has 1 atom stereocenters. The Balaban J connectivity index is 1.85. The second kappa shape index (κ2) is 9.68. The Morgan fingerprint density at radius 2 is 1.61 bits per heavy atom. The van der Waals surface area contributed by atoms with E-state index < -0.39 is 28.9 Å². The summed E-state index contributed by atoms with van der Waals surface area (Å²) < 4.78 is 31.2. The van der Waals surface area contributed by atoms with Gasteiger partial charge in [-0.1, -0.05) is 36.4 Å². The second-order valence-electron chi connectivity index (χ2n) is 8.17. The van der Waals surface area contributed by atoms with Crippen LogP contribution in [0.1, 0.15) is 22.9 Å². The zero-order valence-electron chi connectivity index (χ0n) is 18.4. The summed E-state index contributed by atoms with van der Waals surface area (Å²) in [6.07, 6.45) is 0. The van der Waals surface area contributed by atoms with Crippen LogP contribution in [-0.2, 0) is 13.1 Å². The third-order valence-corrected chi connectivity index (χ3v) is 6.08. The minimum atomic E-state index is -0.747. The van der Waals surface area contributed by atoms with Gasteiger partial charge in [0.2, 0.25) is 0 Å². The first-order valence-corrected chi connectivity index (χ1v) is 10.9. The zero-order chi connectivity index (χ0) is 23.5. The standard InChI is InChI=1S/C24H27F2N5O2/c1-16-22(29-12-10-28-11-13-29)23(32)31(15-21(27)17-6-3-2-4-7-17)24(33)30(16)14-18-19(25)8-5-9-20(18)26/h2-9,21,28H,10-15,27H2,1H3/t21-/m1/s1. The topological polar surface area (TPSA) is 85.3 Å². The average molecular weight is 456 g/mol. The maximum Gasteiger partial charge on any atom is 0.331 e. The molecule has 0 saturated carbocycles. The molecule has 1 saturated heterocycles. The summed E-state index contributed by atoms with van der Waals surface area (Å²) in [7, 11) is 0. The number of halogens is 2. The molecule has 1 aliphatic rings. The fraction of sp³-hybridized carbons (Fsp3) is 0.333. The van der Waals surface area contributed by atoms with E-state index in [1.807, 2.05) is 35.2 Å². The molecule has 0 radical (unpaired) electrons. The van der Waals surface area contributed by atoms with Crippen LogP contribution in [0.5, 0.6) is 0 Å². The molecule has 9 heteroatoms. The van der Waals surface area contributed by atoms with Crippen molar-refractivity contribution >= 4 is 5.69 Å². The lowest BCUT2D eigenvalue weighted by Crippen LogP contribution is -2.50. The maximum atomic E-state index is 14.4. The molecule has 33 heavy (non-hydrogen) atoms. The van der Waals surface area contributed by atoms with Gasteiger partial charge in [-0.25, -0.2) is 13.6 Å². The Morgan fingerprint density at radius 1 is 0.970 bits per heavy atom. The molecule has 0 aliphatic carbocycles. The Kier molecular flexibility index (Phi) is 6.71. The highest BCUT2D eigenvalue weighted by Crippen LogP contribution is 2.19. The number of anilines is 1. The molecule has 1 aromatic heterocycles. The zero-order valence-corrected chi connectivity index (χ0v) is 18.4. The molecule has 2 aromatic carbocycles. The Bertz CT molecular complexity index is 1230. The minimum absolute atomic E-state index is 0.0548. The first-order valence-electron chi connectivity index (χ1n) is 10.9. The Hall–Kier alpha value is -3.30. The summed E-state index contributed by atoms with van der Waals surface area (Å²) in [5.41, 5.74) is 6.51. The van der Waals surface area contributed by atoms with Crippen molar-refractivity contribution in [3.63, 3.8) is 0 Å². The van der Waals surface area contributed by atoms with Crippen LogP contribution in [0, 0.1) is 18.6 Å². The molecule has 0 unspecified atom stereocenters. The van der Waals surface area contributed by atoms with E-state index in [-0.39, 0.29) is 18.7 Å². The Labute approximate surface area is 190 Å². The lowest BCUT2D eigenvalue weighted by molar-refractivity contribution is 0.487. The predicted octanol–water partition coefficient (Wildman–Crippen LogP) is 1.75. The van der Waals surface area contributed by atoms with E-state index in [0.29, 0.717) is 37.6 Å². The van der Waals surface area contributed by atoms with Gasteiger partial charge in [0.1, 0.15) is 17.3 Å².